The van der Waals surface area contributed by atoms with Crippen LogP contribution in [0.2, 0.25) is 0 Å². The molecular weight excluding hydrogens is 158 g/mol. The SMILES string of the molecule is CCCC(CC)[P+](=O)O.[H-].[Na+]. The van der Waals surface area contributed by atoms with Gasteiger partial charge < -0.3 is 1.43 Å². The summed E-state index contributed by atoms with van der Waals surface area (Å²) in [7, 11) is -1.92. The molecule has 0 aromatic rings. The molecule has 0 radical (unpaired) electrons. The second-order valence-corrected chi connectivity index (χ2v) is 3.49. The minimum atomic E-state index is -1.92. The van der Waals surface area contributed by atoms with Crippen molar-refractivity contribution in [3.63, 3.8) is 0 Å². The Morgan fingerprint density at radius 1 is 1.60 bits per heavy atom. The first-order valence-electron chi connectivity index (χ1n) is 3.37. The van der Waals surface area contributed by atoms with Gasteiger partial charge in [-0.15, -0.1) is 0 Å². The van der Waals surface area contributed by atoms with Crippen LogP contribution in [0.4, 0.5) is 0 Å². The maximum Gasteiger partial charge on any atom is 1.00 e. The molecule has 0 aliphatic heterocycles. The van der Waals surface area contributed by atoms with Crippen LogP contribution in [-0.4, -0.2) is 10.6 Å². The molecule has 0 saturated carbocycles. The molecule has 0 saturated heterocycles. The minimum Gasteiger partial charge on any atom is -1.00 e. The van der Waals surface area contributed by atoms with Gasteiger partial charge in [-0.2, -0.15) is 4.89 Å². The molecule has 0 spiro atoms. The molecule has 10 heavy (non-hydrogen) atoms. The first-order chi connectivity index (χ1) is 4.22. The van der Waals surface area contributed by atoms with E-state index in [0.29, 0.717) is 0 Å². The second-order valence-electron chi connectivity index (χ2n) is 2.15. The summed E-state index contributed by atoms with van der Waals surface area (Å²) in [5.74, 6) is 0. The van der Waals surface area contributed by atoms with Gasteiger partial charge >= 0.3 is 37.6 Å². The van der Waals surface area contributed by atoms with Crippen LogP contribution >= 0.6 is 8.03 Å². The molecule has 0 fully saturated rings. The van der Waals surface area contributed by atoms with E-state index in [2.05, 4.69) is 0 Å². The molecule has 0 aromatic carbocycles. The predicted octanol–water partition coefficient (Wildman–Crippen LogP) is -0.584. The van der Waals surface area contributed by atoms with Gasteiger partial charge in [-0.25, -0.2) is 0 Å². The monoisotopic (exact) mass is 173 g/mol. The predicted molar refractivity (Wildman–Crippen MR) is 39.9 cm³/mol. The van der Waals surface area contributed by atoms with Crippen molar-refractivity contribution in [1.82, 2.24) is 0 Å². The average Bonchev–Trinajstić information content (AvgIpc) is 1.82. The Bertz CT molecular complexity index is 103. The molecule has 4 heteroatoms. The van der Waals surface area contributed by atoms with Gasteiger partial charge in [0.05, 0.1) is 0 Å². The van der Waals surface area contributed by atoms with Crippen LogP contribution in [0.25, 0.3) is 0 Å². The van der Waals surface area contributed by atoms with Crippen molar-refractivity contribution in [3.8, 4) is 0 Å². The molecule has 0 heterocycles. The summed E-state index contributed by atoms with van der Waals surface area (Å²) < 4.78 is 10.5. The third kappa shape index (κ3) is 5.82. The van der Waals surface area contributed by atoms with Crippen LogP contribution in [0, 0.1) is 0 Å². The van der Waals surface area contributed by atoms with E-state index in [4.69, 9.17) is 4.89 Å². The zero-order chi connectivity index (χ0) is 7.28. The molecule has 2 nitrogen and oxygen atoms in total. The molecule has 1 N–H and O–H groups in total. The Hall–Kier alpha value is 1.06. The van der Waals surface area contributed by atoms with Crippen LogP contribution in [0.5, 0.6) is 0 Å². The zero-order valence-corrected chi connectivity index (χ0v) is 9.90. The van der Waals surface area contributed by atoms with E-state index in [1.165, 1.54) is 0 Å². The summed E-state index contributed by atoms with van der Waals surface area (Å²) in [6.45, 7) is 3.98. The van der Waals surface area contributed by atoms with Crippen molar-refractivity contribution in [1.29, 1.82) is 0 Å². The fraction of sp³-hybridized carbons (Fsp3) is 1.00. The first kappa shape index (κ1) is 13.6. The largest absolute Gasteiger partial charge is 1.00 e. The molecule has 0 rings (SSSR count). The van der Waals surface area contributed by atoms with Crippen LogP contribution in [0.3, 0.4) is 0 Å². The van der Waals surface area contributed by atoms with Crippen molar-refractivity contribution in [2.24, 2.45) is 0 Å². The normalized spacial score (nSPS) is 13.7. The Labute approximate surface area is 87.0 Å². The molecule has 56 valence electrons. The minimum absolute atomic E-state index is 0. The summed E-state index contributed by atoms with van der Waals surface area (Å²) in [5, 5.41) is 0. The van der Waals surface area contributed by atoms with E-state index < -0.39 is 8.03 Å². The van der Waals surface area contributed by atoms with E-state index in [-0.39, 0.29) is 36.6 Å². The van der Waals surface area contributed by atoms with Gasteiger partial charge in [0.25, 0.3) is 0 Å². The molecule has 0 aliphatic carbocycles. The van der Waals surface area contributed by atoms with Crippen LogP contribution in [0.15, 0.2) is 0 Å². The van der Waals surface area contributed by atoms with Crippen molar-refractivity contribution in [2.75, 3.05) is 0 Å². The van der Waals surface area contributed by atoms with E-state index in [0.717, 1.165) is 19.3 Å². The molecule has 0 aliphatic rings. The van der Waals surface area contributed by atoms with Crippen LogP contribution in [0.1, 0.15) is 34.5 Å². The summed E-state index contributed by atoms with van der Waals surface area (Å²) in [5.41, 5.74) is 0.0324. The summed E-state index contributed by atoms with van der Waals surface area (Å²) in [6.07, 6.45) is 2.70. The quantitative estimate of drug-likeness (QED) is 0.456. The number of rotatable bonds is 4. The van der Waals surface area contributed by atoms with E-state index >= 15 is 0 Å². The topological polar surface area (TPSA) is 37.3 Å². The van der Waals surface area contributed by atoms with Gasteiger partial charge in [0.1, 0.15) is 0 Å². The molecule has 0 aromatic heterocycles. The summed E-state index contributed by atoms with van der Waals surface area (Å²) in [4.78, 5) is 8.65. The molecule has 2 unspecified atom stereocenters. The Balaban J connectivity index is -0.000000320. The first-order valence-corrected chi connectivity index (χ1v) is 4.65. The fourth-order valence-corrected chi connectivity index (χ4v) is 1.60. The molecular formula is C6H15NaO2P+. The maximum atomic E-state index is 10.5. The van der Waals surface area contributed by atoms with E-state index in [9.17, 15) is 4.57 Å². The molecule has 0 amide bonds. The molecule has 0 bridgehead atoms. The number of hydrogen-bond donors (Lipinski definition) is 1. The average molecular weight is 173 g/mol. The zero-order valence-electron chi connectivity index (χ0n) is 8.00. The smallest absolute Gasteiger partial charge is 1.00 e. The van der Waals surface area contributed by atoms with E-state index in [1.807, 2.05) is 13.8 Å². The van der Waals surface area contributed by atoms with Crippen molar-refractivity contribution >= 4 is 8.03 Å². The third-order valence-corrected chi connectivity index (χ3v) is 2.65. The second kappa shape index (κ2) is 8.16. The Morgan fingerprint density at radius 2 is 2.10 bits per heavy atom. The Morgan fingerprint density at radius 3 is 2.20 bits per heavy atom. The van der Waals surface area contributed by atoms with Gasteiger partial charge in [-0.05, 0) is 17.4 Å². The standard InChI is InChI=1S/C6H13O2P.Na.H/c1-3-5-6(4-2)9(7)8;;/h6H,3-5H2,1-2H3;;/q;+1;-1/p+1. The van der Waals surface area contributed by atoms with Gasteiger partial charge in [-0.3, -0.25) is 0 Å². The maximum absolute atomic E-state index is 10.5. The van der Waals surface area contributed by atoms with Crippen LogP contribution in [-0.2, 0) is 4.57 Å². The van der Waals surface area contributed by atoms with Crippen molar-refractivity contribution in [2.45, 2.75) is 38.8 Å². The van der Waals surface area contributed by atoms with Crippen molar-refractivity contribution < 1.29 is 40.4 Å². The van der Waals surface area contributed by atoms with Gasteiger partial charge in [0.2, 0.25) is 0 Å². The molecule has 2 atom stereocenters. The van der Waals surface area contributed by atoms with Crippen LogP contribution < -0.4 is 29.6 Å². The Kier molecular flexibility index (Phi) is 11.1. The summed E-state index contributed by atoms with van der Waals surface area (Å²) in [6, 6.07) is 0. The van der Waals surface area contributed by atoms with Crippen molar-refractivity contribution in [3.05, 3.63) is 0 Å². The van der Waals surface area contributed by atoms with Gasteiger partial charge in [-0.1, -0.05) is 20.3 Å². The van der Waals surface area contributed by atoms with Gasteiger partial charge in [0.15, 0.2) is 5.66 Å². The van der Waals surface area contributed by atoms with Gasteiger partial charge in [0, 0.05) is 0 Å². The number of hydrogen-bond acceptors (Lipinski definition) is 1. The fourth-order valence-electron chi connectivity index (χ4n) is 0.804. The van der Waals surface area contributed by atoms with E-state index in [1.54, 1.807) is 0 Å². The summed E-state index contributed by atoms with van der Waals surface area (Å²) >= 11 is 0. The third-order valence-electron chi connectivity index (χ3n) is 1.41.